The zero-order chi connectivity index (χ0) is 15.7. The van der Waals surface area contributed by atoms with Crippen LogP contribution in [0.4, 0.5) is 5.69 Å². The molecule has 6 nitrogen and oxygen atoms in total. The Bertz CT molecular complexity index is 764. The minimum atomic E-state index is 0.673. The molecule has 2 heterocycles. The highest BCUT2D eigenvalue weighted by molar-refractivity contribution is 9.13. The van der Waals surface area contributed by atoms with Crippen molar-refractivity contribution in [2.45, 2.75) is 9.50 Å². The number of hydrogen-bond donors (Lipinski definition) is 0. The summed E-state index contributed by atoms with van der Waals surface area (Å²) in [7, 11) is 4.01. The van der Waals surface area contributed by atoms with E-state index in [1.807, 2.05) is 43.3 Å². The summed E-state index contributed by atoms with van der Waals surface area (Å²) in [6.07, 6.45) is 0. The van der Waals surface area contributed by atoms with Gasteiger partial charge in [-0.1, -0.05) is 11.3 Å². The van der Waals surface area contributed by atoms with Crippen LogP contribution in [-0.4, -0.2) is 39.3 Å². The molecule has 0 radical (unpaired) electrons. The van der Waals surface area contributed by atoms with E-state index in [2.05, 4.69) is 52.4 Å². The zero-order valence-electron chi connectivity index (χ0n) is 11.6. The Labute approximate surface area is 152 Å². The fourth-order valence-electron chi connectivity index (χ4n) is 1.68. The molecule has 0 bridgehead atoms. The van der Waals surface area contributed by atoms with Crippen LogP contribution >= 0.6 is 55.0 Å². The molecule has 0 atom stereocenters. The first kappa shape index (κ1) is 15.9. The Kier molecular flexibility index (Phi) is 4.81. The topological polar surface area (TPSA) is 59.7 Å². The van der Waals surface area contributed by atoms with Gasteiger partial charge in [-0.05, 0) is 78.3 Å². The van der Waals surface area contributed by atoms with Crippen LogP contribution in [0.15, 0.2) is 42.2 Å². The van der Waals surface area contributed by atoms with E-state index in [9.17, 15) is 0 Å². The number of thiazole rings is 1. The quantitative estimate of drug-likeness (QED) is 0.587. The first-order valence-electron chi connectivity index (χ1n) is 6.10. The van der Waals surface area contributed by atoms with Gasteiger partial charge in [-0.25, -0.2) is 4.98 Å². The van der Waals surface area contributed by atoms with Crippen LogP contribution in [0.5, 0.6) is 0 Å². The second-order valence-electron chi connectivity index (χ2n) is 4.43. The highest BCUT2D eigenvalue weighted by atomic mass is 79.9. The van der Waals surface area contributed by atoms with Gasteiger partial charge in [-0.15, -0.1) is 5.10 Å². The molecule has 1 aromatic carbocycles. The fraction of sp³-hybridized carbons (Fsp3) is 0.167. The third-order valence-electron chi connectivity index (χ3n) is 2.76. The summed E-state index contributed by atoms with van der Waals surface area (Å²) >= 11 is 9.77. The third-order valence-corrected chi connectivity index (χ3v) is 6.83. The van der Waals surface area contributed by atoms with E-state index in [1.165, 1.54) is 23.1 Å². The highest BCUT2D eigenvalue weighted by Gasteiger charge is 2.14. The first-order valence-corrected chi connectivity index (χ1v) is 9.32. The Hall–Kier alpha value is -0.970. The number of nitrogens with zero attached hydrogens (tertiary/aromatic N) is 6. The van der Waals surface area contributed by atoms with E-state index in [-0.39, 0.29) is 0 Å². The van der Waals surface area contributed by atoms with Crippen molar-refractivity contribution in [3.05, 3.63) is 32.7 Å². The van der Waals surface area contributed by atoms with Gasteiger partial charge in [0.2, 0.25) is 5.16 Å². The van der Waals surface area contributed by atoms with Gasteiger partial charge in [0.15, 0.2) is 4.34 Å². The number of hydrogen-bond acceptors (Lipinski definition) is 7. The highest BCUT2D eigenvalue weighted by Crippen LogP contribution is 2.37. The van der Waals surface area contributed by atoms with Gasteiger partial charge in [0.1, 0.15) is 8.39 Å². The average molecular weight is 462 g/mol. The monoisotopic (exact) mass is 460 g/mol. The number of benzene rings is 1. The maximum Gasteiger partial charge on any atom is 0.221 e. The largest absolute Gasteiger partial charge is 0.378 e. The second kappa shape index (κ2) is 6.65. The van der Waals surface area contributed by atoms with Gasteiger partial charge >= 0.3 is 0 Å². The molecule has 0 spiro atoms. The summed E-state index contributed by atoms with van der Waals surface area (Å²) < 4.78 is 4.30. The van der Waals surface area contributed by atoms with Gasteiger partial charge in [0, 0.05) is 19.8 Å². The molecule has 3 aromatic rings. The van der Waals surface area contributed by atoms with Crippen LogP contribution in [0.1, 0.15) is 0 Å². The van der Waals surface area contributed by atoms with Gasteiger partial charge in [0.25, 0.3) is 0 Å². The molecular formula is C12H10Br2N6S2. The van der Waals surface area contributed by atoms with Crippen LogP contribution < -0.4 is 4.90 Å². The van der Waals surface area contributed by atoms with Gasteiger partial charge < -0.3 is 4.90 Å². The van der Waals surface area contributed by atoms with E-state index in [0.717, 1.165) is 24.1 Å². The van der Waals surface area contributed by atoms with Crippen molar-refractivity contribution in [1.82, 2.24) is 25.2 Å². The van der Waals surface area contributed by atoms with Crippen LogP contribution in [0.25, 0.3) is 5.69 Å². The molecular weight excluding hydrogens is 452 g/mol. The molecule has 0 saturated carbocycles. The molecule has 0 aliphatic heterocycles. The third kappa shape index (κ3) is 3.34. The number of halogens is 2. The standard InChI is InChI=1S/C12H10Br2N6S2/c1-19(2)7-3-5-8(6-4-7)20-11(16-17-18-20)22-12-15-9(13)10(14)21-12/h3-6H,1-2H3. The number of tetrazole rings is 1. The predicted molar refractivity (Wildman–Crippen MR) is 95.1 cm³/mol. The van der Waals surface area contributed by atoms with E-state index in [1.54, 1.807) is 4.68 Å². The summed E-state index contributed by atoms with van der Waals surface area (Å²) in [4.78, 5) is 6.44. The molecule has 0 aliphatic carbocycles. The molecule has 0 N–H and O–H groups in total. The Balaban J connectivity index is 1.88. The lowest BCUT2D eigenvalue weighted by molar-refractivity contribution is 0.756. The minimum absolute atomic E-state index is 0.673. The Morgan fingerprint density at radius 3 is 2.50 bits per heavy atom. The summed E-state index contributed by atoms with van der Waals surface area (Å²) in [6.45, 7) is 0. The Morgan fingerprint density at radius 1 is 1.18 bits per heavy atom. The van der Waals surface area contributed by atoms with E-state index < -0.39 is 0 Å². The normalized spacial score (nSPS) is 10.9. The smallest absolute Gasteiger partial charge is 0.221 e. The molecule has 10 heteroatoms. The summed E-state index contributed by atoms with van der Waals surface area (Å²) in [5, 5.41) is 12.6. The Morgan fingerprint density at radius 2 is 1.91 bits per heavy atom. The van der Waals surface area contributed by atoms with Crippen molar-refractivity contribution in [3.8, 4) is 5.69 Å². The number of anilines is 1. The van der Waals surface area contributed by atoms with E-state index in [0.29, 0.717) is 5.16 Å². The molecule has 2 aromatic heterocycles. The summed E-state index contributed by atoms with van der Waals surface area (Å²) in [6, 6.07) is 8.04. The lowest BCUT2D eigenvalue weighted by atomic mass is 10.3. The van der Waals surface area contributed by atoms with Gasteiger partial charge in [-0.2, -0.15) is 4.68 Å². The van der Waals surface area contributed by atoms with Crippen molar-refractivity contribution in [1.29, 1.82) is 0 Å². The van der Waals surface area contributed by atoms with Crippen molar-refractivity contribution in [3.63, 3.8) is 0 Å². The lowest BCUT2D eigenvalue weighted by Gasteiger charge is -2.12. The number of aromatic nitrogens is 5. The minimum Gasteiger partial charge on any atom is -0.378 e. The zero-order valence-corrected chi connectivity index (χ0v) is 16.4. The summed E-state index contributed by atoms with van der Waals surface area (Å²) in [5.41, 5.74) is 2.03. The maximum absolute atomic E-state index is 4.39. The van der Waals surface area contributed by atoms with E-state index in [4.69, 9.17) is 0 Å². The molecule has 114 valence electrons. The molecule has 22 heavy (non-hydrogen) atoms. The maximum atomic E-state index is 4.39. The fourth-order valence-corrected chi connectivity index (χ4v) is 4.87. The SMILES string of the molecule is CN(C)c1ccc(-n2nnnc2Sc2nc(Br)c(Br)s2)cc1. The first-order chi connectivity index (χ1) is 10.5. The molecule has 0 aliphatic rings. The molecule has 0 saturated heterocycles. The molecule has 0 fully saturated rings. The lowest BCUT2D eigenvalue weighted by Crippen LogP contribution is -2.08. The van der Waals surface area contributed by atoms with Gasteiger partial charge in [-0.3, -0.25) is 0 Å². The van der Waals surface area contributed by atoms with Crippen molar-refractivity contribution in [2.75, 3.05) is 19.0 Å². The van der Waals surface area contributed by atoms with Crippen molar-refractivity contribution < 1.29 is 0 Å². The molecule has 0 amide bonds. The van der Waals surface area contributed by atoms with Crippen LogP contribution in [0, 0.1) is 0 Å². The van der Waals surface area contributed by atoms with Crippen LogP contribution in [0.2, 0.25) is 0 Å². The van der Waals surface area contributed by atoms with Gasteiger partial charge in [0.05, 0.1) is 5.69 Å². The van der Waals surface area contributed by atoms with Crippen LogP contribution in [-0.2, 0) is 0 Å². The summed E-state index contributed by atoms with van der Waals surface area (Å²) in [5.74, 6) is 0. The van der Waals surface area contributed by atoms with Crippen molar-refractivity contribution in [2.24, 2.45) is 0 Å². The second-order valence-corrected chi connectivity index (χ2v) is 8.71. The molecule has 0 unspecified atom stereocenters. The van der Waals surface area contributed by atoms with Crippen molar-refractivity contribution >= 4 is 60.6 Å². The predicted octanol–water partition coefficient (Wildman–Crippen LogP) is 3.86. The van der Waals surface area contributed by atoms with E-state index >= 15 is 0 Å². The number of rotatable bonds is 4. The molecule has 3 rings (SSSR count). The van der Waals surface area contributed by atoms with Crippen LogP contribution in [0.3, 0.4) is 0 Å². The average Bonchev–Trinajstić information content (AvgIpc) is 3.07.